The first-order valence-corrected chi connectivity index (χ1v) is 7.24. The highest BCUT2D eigenvalue weighted by Gasteiger charge is 2.32. The summed E-state index contributed by atoms with van der Waals surface area (Å²) in [6, 6.07) is 5.45. The highest BCUT2D eigenvalue weighted by Crippen LogP contribution is 2.28. The number of nitrogens with zero attached hydrogens (tertiary/aromatic N) is 2. The van der Waals surface area contributed by atoms with Gasteiger partial charge >= 0.3 is 6.18 Å². The molecule has 0 aromatic heterocycles. The van der Waals surface area contributed by atoms with E-state index in [0.29, 0.717) is 36.2 Å². The van der Waals surface area contributed by atoms with Crippen LogP contribution in [0.2, 0.25) is 0 Å². The minimum atomic E-state index is -4.16. The lowest BCUT2D eigenvalue weighted by molar-refractivity contribution is -0.146. The normalized spacial score (nSPS) is 17.0. The number of rotatable bonds is 3. The number of anilines is 1. The third-order valence-electron chi connectivity index (χ3n) is 3.38. The van der Waals surface area contributed by atoms with Gasteiger partial charge < -0.3 is 10.6 Å². The van der Waals surface area contributed by atoms with Gasteiger partial charge in [0.2, 0.25) is 0 Å². The molecular formula is C13H16BrF3N4. The molecule has 1 aromatic carbocycles. The second-order valence-electron chi connectivity index (χ2n) is 4.93. The van der Waals surface area contributed by atoms with Crippen molar-refractivity contribution in [2.24, 2.45) is 5.73 Å². The number of benzene rings is 1. The summed E-state index contributed by atoms with van der Waals surface area (Å²) in [6.07, 6.45) is -4.16. The third kappa shape index (κ3) is 4.10. The topological polar surface area (TPSA) is 56.4 Å². The van der Waals surface area contributed by atoms with E-state index in [9.17, 15) is 13.2 Å². The molecule has 3 N–H and O–H groups in total. The molecule has 0 atom stereocenters. The molecule has 21 heavy (non-hydrogen) atoms. The smallest absolute Gasteiger partial charge is 0.384 e. The largest absolute Gasteiger partial charge is 0.401 e. The highest BCUT2D eigenvalue weighted by atomic mass is 79.9. The fourth-order valence-electron chi connectivity index (χ4n) is 2.44. The van der Waals surface area contributed by atoms with Crippen molar-refractivity contribution in [1.82, 2.24) is 4.90 Å². The van der Waals surface area contributed by atoms with Crippen LogP contribution in [0.1, 0.15) is 5.56 Å². The Hall–Kier alpha value is -1.28. The molecule has 116 valence electrons. The molecule has 0 amide bonds. The zero-order valence-electron chi connectivity index (χ0n) is 11.3. The number of nitrogens with two attached hydrogens (primary N) is 1. The molecule has 0 saturated carbocycles. The minimum absolute atomic E-state index is 0.0600. The van der Waals surface area contributed by atoms with Crippen LogP contribution in [0.25, 0.3) is 0 Å². The molecule has 1 heterocycles. The molecule has 0 bridgehead atoms. The van der Waals surface area contributed by atoms with Gasteiger partial charge in [-0.3, -0.25) is 10.3 Å². The number of nitrogen functional groups attached to an aromatic ring is 1. The molecule has 0 radical (unpaired) electrons. The molecule has 2 rings (SSSR count). The molecule has 8 heteroatoms. The maximum Gasteiger partial charge on any atom is 0.401 e. The second-order valence-corrected chi connectivity index (χ2v) is 5.78. The Balaban J connectivity index is 2.10. The lowest BCUT2D eigenvalue weighted by Gasteiger charge is -2.37. The molecule has 4 nitrogen and oxygen atoms in total. The van der Waals surface area contributed by atoms with Crippen molar-refractivity contribution in [3.63, 3.8) is 0 Å². The van der Waals surface area contributed by atoms with Gasteiger partial charge in [0.15, 0.2) is 0 Å². The maximum atomic E-state index is 12.4. The van der Waals surface area contributed by atoms with Crippen LogP contribution < -0.4 is 10.6 Å². The van der Waals surface area contributed by atoms with Crippen molar-refractivity contribution in [2.75, 3.05) is 37.6 Å². The summed E-state index contributed by atoms with van der Waals surface area (Å²) in [5.41, 5.74) is 6.97. The Labute approximate surface area is 129 Å². The predicted molar refractivity (Wildman–Crippen MR) is 79.9 cm³/mol. The number of alkyl halides is 3. The van der Waals surface area contributed by atoms with Crippen molar-refractivity contribution in [3.8, 4) is 0 Å². The second kappa shape index (κ2) is 6.23. The number of hydrogen-bond donors (Lipinski definition) is 2. The van der Waals surface area contributed by atoms with Gasteiger partial charge in [0, 0.05) is 36.3 Å². The average molecular weight is 365 g/mol. The summed E-state index contributed by atoms with van der Waals surface area (Å²) in [6.45, 7) is 0.755. The van der Waals surface area contributed by atoms with Gasteiger partial charge in [-0.05, 0) is 28.1 Å². The molecular weight excluding hydrogens is 349 g/mol. The van der Waals surface area contributed by atoms with Crippen molar-refractivity contribution in [2.45, 2.75) is 6.18 Å². The zero-order chi connectivity index (χ0) is 15.6. The first kappa shape index (κ1) is 16.1. The van der Waals surface area contributed by atoms with Gasteiger partial charge in [0.1, 0.15) is 5.84 Å². The molecule has 1 saturated heterocycles. The zero-order valence-corrected chi connectivity index (χ0v) is 12.8. The van der Waals surface area contributed by atoms with Crippen LogP contribution >= 0.6 is 15.9 Å². The van der Waals surface area contributed by atoms with Crippen LogP contribution in [-0.4, -0.2) is 49.6 Å². The maximum absolute atomic E-state index is 12.4. The van der Waals surface area contributed by atoms with Gasteiger partial charge in [-0.2, -0.15) is 13.2 Å². The third-order valence-corrected chi connectivity index (χ3v) is 4.04. The molecule has 0 unspecified atom stereocenters. The van der Waals surface area contributed by atoms with E-state index < -0.39 is 12.7 Å². The summed E-state index contributed by atoms with van der Waals surface area (Å²) in [7, 11) is 0. The Morgan fingerprint density at radius 1 is 1.24 bits per heavy atom. The van der Waals surface area contributed by atoms with Crippen LogP contribution in [0.3, 0.4) is 0 Å². The van der Waals surface area contributed by atoms with E-state index in [1.807, 2.05) is 17.0 Å². The molecule has 1 aliphatic rings. The van der Waals surface area contributed by atoms with Crippen molar-refractivity contribution in [3.05, 3.63) is 28.2 Å². The molecule has 1 aromatic rings. The van der Waals surface area contributed by atoms with E-state index in [0.717, 1.165) is 5.69 Å². The quantitative estimate of drug-likeness (QED) is 0.639. The fraction of sp³-hybridized carbons (Fsp3) is 0.462. The van der Waals surface area contributed by atoms with Crippen molar-refractivity contribution in [1.29, 1.82) is 5.41 Å². The number of nitrogens with one attached hydrogen (secondary N) is 1. The predicted octanol–water partition coefficient (Wildman–Crippen LogP) is 2.42. The SMILES string of the molecule is N=C(N)c1c(Br)cccc1N1CCN(CC(F)(F)F)CC1. The summed E-state index contributed by atoms with van der Waals surface area (Å²) >= 11 is 3.36. The lowest BCUT2D eigenvalue weighted by atomic mass is 10.1. The summed E-state index contributed by atoms with van der Waals surface area (Å²) in [4.78, 5) is 3.36. The minimum Gasteiger partial charge on any atom is -0.384 e. The Bertz CT molecular complexity index is 525. The molecule has 0 spiro atoms. The summed E-state index contributed by atoms with van der Waals surface area (Å²) in [5.74, 6) is -0.0600. The van der Waals surface area contributed by atoms with Gasteiger partial charge in [-0.1, -0.05) is 6.07 Å². The number of halogens is 4. The molecule has 1 fully saturated rings. The van der Waals surface area contributed by atoms with E-state index in [-0.39, 0.29) is 5.84 Å². The first-order valence-electron chi connectivity index (χ1n) is 6.45. The standard InChI is InChI=1S/C13H16BrF3N4/c14-9-2-1-3-10(11(9)12(18)19)21-6-4-20(5-7-21)8-13(15,16)17/h1-3H,4-8H2,(H3,18,19). The van der Waals surface area contributed by atoms with E-state index in [1.165, 1.54) is 4.90 Å². The number of hydrogen-bond acceptors (Lipinski definition) is 3. The van der Waals surface area contributed by atoms with E-state index in [2.05, 4.69) is 15.9 Å². The van der Waals surface area contributed by atoms with Crippen LogP contribution in [-0.2, 0) is 0 Å². The lowest BCUT2D eigenvalue weighted by Crippen LogP contribution is -2.49. The Morgan fingerprint density at radius 2 is 1.86 bits per heavy atom. The fourth-order valence-corrected chi connectivity index (χ4v) is 3.01. The van der Waals surface area contributed by atoms with Crippen LogP contribution in [0.15, 0.2) is 22.7 Å². The van der Waals surface area contributed by atoms with Crippen molar-refractivity contribution >= 4 is 27.5 Å². The van der Waals surface area contributed by atoms with Gasteiger partial charge in [0.05, 0.1) is 12.1 Å². The van der Waals surface area contributed by atoms with Gasteiger partial charge in [-0.25, -0.2) is 0 Å². The van der Waals surface area contributed by atoms with Crippen LogP contribution in [0.4, 0.5) is 18.9 Å². The summed E-state index contributed by atoms with van der Waals surface area (Å²) in [5, 5.41) is 7.66. The van der Waals surface area contributed by atoms with Gasteiger partial charge in [0.25, 0.3) is 0 Å². The Morgan fingerprint density at radius 3 is 2.38 bits per heavy atom. The molecule has 0 aliphatic carbocycles. The van der Waals surface area contributed by atoms with E-state index in [1.54, 1.807) is 6.07 Å². The van der Waals surface area contributed by atoms with E-state index in [4.69, 9.17) is 11.1 Å². The van der Waals surface area contributed by atoms with Crippen molar-refractivity contribution < 1.29 is 13.2 Å². The number of amidine groups is 1. The molecule has 1 aliphatic heterocycles. The highest BCUT2D eigenvalue weighted by molar-refractivity contribution is 9.10. The first-order chi connectivity index (χ1) is 9.78. The van der Waals surface area contributed by atoms with Crippen LogP contribution in [0.5, 0.6) is 0 Å². The van der Waals surface area contributed by atoms with Crippen LogP contribution in [0, 0.1) is 5.41 Å². The summed E-state index contributed by atoms with van der Waals surface area (Å²) < 4.78 is 37.8. The van der Waals surface area contributed by atoms with Gasteiger partial charge in [-0.15, -0.1) is 0 Å². The monoisotopic (exact) mass is 364 g/mol. The van der Waals surface area contributed by atoms with E-state index >= 15 is 0 Å². The average Bonchev–Trinajstić information content (AvgIpc) is 2.37. The Kier molecular flexibility index (Phi) is 4.77. The number of piperazine rings is 1.